The first-order valence-corrected chi connectivity index (χ1v) is 8.70. The van der Waals surface area contributed by atoms with Gasteiger partial charge in [0, 0.05) is 24.1 Å². The van der Waals surface area contributed by atoms with Gasteiger partial charge in [-0.2, -0.15) is 0 Å². The maximum absolute atomic E-state index is 12.8. The van der Waals surface area contributed by atoms with Crippen LogP contribution in [0.5, 0.6) is 11.5 Å². The molecule has 8 heteroatoms. The van der Waals surface area contributed by atoms with Gasteiger partial charge in [0.2, 0.25) is 0 Å². The zero-order valence-corrected chi connectivity index (χ0v) is 15.9. The van der Waals surface area contributed by atoms with Crippen LogP contribution in [0.2, 0.25) is 5.02 Å². The summed E-state index contributed by atoms with van der Waals surface area (Å²) in [5, 5.41) is 13.8. The molecule has 1 aliphatic heterocycles. The number of fused-ring (bicyclic) bond motifs is 1. The van der Waals surface area contributed by atoms with Gasteiger partial charge in [-0.1, -0.05) is 11.6 Å². The lowest BCUT2D eigenvalue weighted by Crippen LogP contribution is -2.41. The number of carbonyl (C=O) groups is 1. The average molecular weight is 391 g/mol. The minimum absolute atomic E-state index is 0.0267. The number of benzene rings is 2. The average Bonchev–Trinajstić information content (AvgIpc) is 2.60. The van der Waals surface area contributed by atoms with E-state index in [-0.39, 0.29) is 22.3 Å². The van der Waals surface area contributed by atoms with Gasteiger partial charge in [-0.05, 0) is 38.1 Å². The largest absolute Gasteiger partial charge is 0.497 e. The molecule has 1 heterocycles. The van der Waals surface area contributed by atoms with Crippen molar-refractivity contribution >= 4 is 23.2 Å². The topological polar surface area (TPSA) is 90.7 Å². The van der Waals surface area contributed by atoms with Gasteiger partial charge >= 0.3 is 0 Å². The molecule has 0 bridgehead atoms. The van der Waals surface area contributed by atoms with Crippen molar-refractivity contribution in [1.29, 1.82) is 0 Å². The van der Waals surface area contributed by atoms with Crippen LogP contribution in [-0.2, 0) is 0 Å². The lowest BCUT2D eigenvalue weighted by molar-refractivity contribution is -0.384. The number of carbonyl (C=O) groups excluding carboxylic acids is 1. The van der Waals surface area contributed by atoms with Gasteiger partial charge in [-0.25, -0.2) is 0 Å². The van der Waals surface area contributed by atoms with E-state index in [9.17, 15) is 14.9 Å². The van der Waals surface area contributed by atoms with E-state index in [1.807, 2.05) is 26.0 Å². The van der Waals surface area contributed by atoms with Crippen LogP contribution >= 0.6 is 11.6 Å². The highest BCUT2D eigenvalue weighted by Gasteiger charge is 2.35. The molecular formula is C19H19ClN2O5. The SMILES string of the molecule is COc1ccc2c(c1)[C@H](NC(=O)c1ccc([N+](=O)[O-])cc1Cl)CC(C)(C)O2. The molecule has 1 aliphatic rings. The van der Waals surface area contributed by atoms with Crippen molar-refractivity contribution in [2.45, 2.75) is 31.9 Å². The number of nitro benzene ring substituents is 1. The molecular weight excluding hydrogens is 372 g/mol. The number of methoxy groups -OCH3 is 1. The van der Waals surface area contributed by atoms with E-state index in [2.05, 4.69) is 5.32 Å². The lowest BCUT2D eigenvalue weighted by atomic mass is 9.89. The van der Waals surface area contributed by atoms with Gasteiger partial charge in [0.25, 0.3) is 11.6 Å². The Morgan fingerprint density at radius 3 is 2.70 bits per heavy atom. The summed E-state index contributed by atoms with van der Waals surface area (Å²) in [5.74, 6) is 0.920. The van der Waals surface area contributed by atoms with Gasteiger partial charge in [0.05, 0.1) is 28.7 Å². The predicted octanol–water partition coefficient (Wildman–Crippen LogP) is 4.29. The monoisotopic (exact) mass is 390 g/mol. The highest BCUT2D eigenvalue weighted by Crippen LogP contribution is 2.41. The van der Waals surface area contributed by atoms with Gasteiger partial charge in [-0.3, -0.25) is 14.9 Å². The lowest BCUT2D eigenvalue weighted by Gasteiger charge is -2.38. The number of amides is 1. The quantitative estimate of drug-likeness (QED) is 0.621. The molecule has 2 aromatic carbocycles. The molecule has 1 atom stereocenters. The van der Waals surface area contributed by atoms with Crippen LogP contribution in [0.1, 0.15) is 42.2 Å². The molecule has 1 N–H and O–H groups in total. The van der Waals surface area contributed by atoms with E-state index in [1.54, 1.807) is 13.2 Å². The molecule has 0 aliphatic carbocycles. The van der Waals surface area contributed by atoms with Crippen LogP contribution in [-0.4, -0.2) is 23.5 Å². The summed E-state index contributed by atoms with van der Waals surface area (Å²) in [6.07, 6.45) is 0.545. The second-order valence-electron chi connectivity index (χ2n) is 6.92. The summed E-state index contributed by atoms with van der Waals surface area (Å²) in [4.78, 5) is 23.0. The van der Waals surface area contributed by atoms with Crippen molar-refractivity contribution in [2.24, 2.45) is 0 Å². The highest BCUT2D eigenvalue weighted by atomic mass is 35.5. The molecule has 0 aromatic heterocycles. The molecule has 0 saturated heterocycles. The Morgan fingerprint density at radius 1 is 1.33 bits per heavy atom. The molecule has 142 valence electrons. The Morgan fingerprint density at radius 2 is 2.07 bits per heavy atom. The molecule has 3 rings (SSSR count). The van der Waals surface area contributed by atoms with Crippen molar-refractivity contribution in [1.82, 2.24) is 5.32 Å². The van der Waals surface area contributed by atoms with Crippen LogP contribution in [0.4, 0.5) is 5.69 Å². The zero-order chi connectivity index (χ0) is 19.8. The van der Waals surface area contributed by atoms with Crippen molar-refractivity contribution in [3.05, 3.63) is 62.7 Å². The van der Waals surface area contributed by atoms with Gasteiger partial charge in [0.1, 0.15) is 17.1 Å². The molecule has 0 unspecified atom stereocenters. The van der Waals surface area contributed by atoms with Crippen LogP contribution in [0.25, 0.3) is 0 Å². The standard InChI is InChI=1S/C19H19ClN2O5/c1-19(2)10-16(14-9-12(26-3)5-7-17(14)27-19)21-18(23)13-6-4-11(22(24)25)8-15(13)20/h4-9,16H,10H2,1-3H3,(H,21,23)/t16-/m1/s1. The smallest absolute Gasteiger partial charge is 0.270 e. The third-order valence-electron chi connectivity index (χ3n) is 4.39. The van der Waals surface area contributed by atoms with Crippen LogP contribution < -0.4 is 14.8 Å². The second-order valence-corrected chi connectivity index (χ2v) is 7.32. The summed E-state index contributed by atoms with van der Waals surface area (Å²) in [6, 6.07) is 8.89. The fraction of sp³-hybridized carbons (Fsp3) is 0.316. The fourth-order valence-electron chi connectivity index (χ4n) is 3.13. The van der Waals surface area contributed by atoms with Gasteiger partial charge in [-0.15, -0.1) is 0 Å². The van der Waals surface area contributed by atoms with Crippen LogP contribution in [0.3, 0.4) is 0 Å². The maximum Gasteiger partial charge on any atom is 0.270 e. The number of hydrogen-bond donors (Lipinski definition) is 1. The normalized spacial score (nSPS) is 17.4. The number of halogens is 1. The Bertz CT molecular complexity index is 913. The number of nitrogens with zero attached hydrogens (tertiary/aromatic N) is 1. The Kier molecular flexibility index (Phi) is 4.97. The first-order chi connectivity index (χ1) is 12.7. The molecule has 2 aromatic rings. The third-order valence-corrected chi connectivity index (χ3v) is 4.70. The number of non-ortho nitro benzene ring substituents is 1. The molecule has 0 saturated carbocycles. The highest BCUT2D eigenvalue weighted by molar-refractivity contribution is 6.34. The van der Waals surface area contributed by atoms with Crippen molar-refractivity contribution in [2.75, 3.05) is 7.11 Å². The van der Waals surface area contributed by atoms with Crippen molar-refractivity contribution in [3.63, 3.8) is 0 Å². The number of rotatable bonds is 4. The predicted molar refractivity (Wildman–Crippen MR) is 101 cm³/mol. The summed E-state index contributed by atoms with van der Waals surface area (Å²) in [6.45, 7) is 3.89. The number of nitrogens with one attached hydrogen (secondary N) is 1. The van der Waals surface area contributed by atoms with Crippen molar-refractivity contribution in [3.8, 4) is 11.5 Å². The first kappa shape index (κ1) is 19.0. The molecule has 0 radical (unpaired) electrons. The number of hydrogen-bond acceptors (Lipinski definition) is 5. The van der Waals surface area contributed by atoms with E-state index < -0.39 is 16.4 Å². The fourth-order valence-corrected chi connectivity index (χ4v) is 3.39. The minimum atomic E-state index is -0.558. The minimum Gasteiger partial charge on any atom is -0.497 e. The van der Waals surface area contributed by atoms with Gasteiger partial charge < -0.3 is 14.8 Å². The number of ether oxygens (including phenoxy) is 2. The molecule has 7 nitrogen and oxygen atoms in total. The van der Waals surface area contributed by atoms with E-state index >= 15 is 0 Å². The first-order valence-electron chi connectivity index (χ1n) is 8.32. The molecule has 0 spiro atoms. The summed E-state index contributed by atoms with van der Waals surface area (Å²) in [5.41, 5.74) is 0.341. The Hall–Kier alpha value is -2.80. The van der Waals surface area contributed by atoms with Crippen LogP contribution in [0.15, 0.2) is 36.4 Å². The summed E-state index contributed by atoms with van der Waals surface area (Å²) >= 11 is 6.08. The zero-order valence-electron chi connectivity index (χ0n) is 15.1. The molecule has 1 amide bonds. The van der Waals surface area contributed by atoms with Crippen LogP contribution in [0, 0.1) is 10.1 Å². The Balaban J connectivity index is 1.91. The van der Waals surface area contributed by atoms with E-state index in [0.29, 0.717) is 17.9 Å². The second kappa shape index (κ2) is 7.08. The number of nitro groups is 1. The van der Waals surface area contributed by atoms with Crippen molar-refractivity contribution < 1.29 is 19.2 Å². The van der Waals surface area contributed by atoms with E-state index in [0.717, 1.165) is 5.56 Å². The Labute approximate surface area is 161 Å². The summed E-state index contributed by atoms with van der Waals surface area (Å²) < 4.78 is 11.3. The third kappa shape index (κ3) is 3.98. The van der Waals surface area contributed by atoms with Gasteiger partial charge in [0.15, 0.2) is 0 Å². The van der Waals surface area contributed by atoms with E-state index in [1.165, 1.54) is 18.2 Å². The summed E-state index contributed by atoms with van der Waals surface area (Å²) in [7, 11) is 1.57. The molecule has 0 fully saturated rings. The van der Waals surface area contributed by atoms with E-state index in [4.69, 9.17) is 21.1 Å². The maximum atomic E-state index is 12.8. The molecule has 27 heavy (non-hydrogen) atoms.